The minimum Gasteiger partial charge on any atom is -0.373 e. The number of para-hydroxylation sites is 1. The summed E-state index contributed by atoms with van der Waals surface area (Å²) >= 11 is 0. The van der Waals surface area contributed by atoms with Gasteiger partial charge in [0.15, 0.2) is 5.78 Å². The van der Waals surface area contributed by atoms with Gasteiger partial charge < -0.3 is 10.1 Å². The van der Waals surface area contributed by atoms with Crippen LogP contribution in [0.3, 0.4) is 0 Å². The zero-order valence-electron chi connectivity index (χ0n) is 15.7. The van der Waals surface area contributed by atoms with Gasteiger partial charge in [-0.3, -0.25) is 14.5 Å². The van der Waals surface area contributed by atoms with Crippen molar-refractivity contribution >= 4 is 17.4 Å². The summed E-state index contributed by atoms with van der Waals surface area (Å²) in [6, 6.07) is 17.3. The molecule has 1 N–H and O–H groups in total. The minimum absolute atomic E-state index is 0.0534. The van der Waals surface area contributed by atoms with Crippen LogP contribution < -0.4 is 5.32 Å². The number of hydrogen-bond acceptors (Lipinski definition) is 4. The first-order chi connectivity index (χ1) is 13.1. The Morgan fingerprint density at radius 2 is 1.70 bits per heavy atom. The molecule has 2 aromatic rings. The summed E-state index contributed by atoms with van der Waals surface area (Å²) < 4.78 is 6.00. The van der Waals surface area contributed by atoms with Crippen LogP contribution in [-0.4, -0.2) is 42.3 Å². The molecule has 1 heterocycles. The lowest BCUT2D eigenvalue weighted by Gasteiger charge is -2.31. The molecular formula is C22H26N2O3. The third-order valence-electron chi connectivity index (χ3n) is 4.81. The summed E-state index contributed by atoms with van der Waals surface area (Å²) in [6.07, 6.45) is 2.08. The summed E-state index contributed by atoms with van der Waals surface area (Å²) in [7, 11) is 0. The molecule has 0 radical (unpaired) electrons. The fourth-order valence-corrected chi connectivity index (χ4v) is 3.31. The number of nitrogens with one attached hydrogen (secondary N) is 1. The number of hydrogen-bond donors (Lipinski definition) is 1. The number of benzene rings is 2. The predicted octanol–water partition coefficient (Wildman–Crippen LogP) is 3.51. The quantitative estimate of drug-likeness (QED) is 0.762. The Morgan fingerprint density at radius 1 is 1.04 bits per heavy atom. The number of rotatable bonds is 7. The topological polar surface area (TPSA) is 58.6 Å². The standard InChI is InChI=1S/C22H26N2O3/c1-17(25)20-9-5-6-10-21(20)23-22(26)15-24-13-11-19(12-14-24)27-16-18-7-3-2-4-8-18/h2-10,19H,11-16H2,1H3,(H,23,26). The van der Waals surface area contributed by atoms with Crippen molar-refractivity contribution in [3.8, 4) is 0 Å². The maximum atomic E-state index is 12.4. The van der Waals surface area contributed by atoms with Crippen LogP contribution in [0.4, 0.5) is 5.69 Å². The van der Waals surface area contributed by atoms with Crippen molar-refractivity contribution in [2.75, 3.05) is 25.0 Å². The molecule has 0 bridgehead atoms. The van der Waals surface area contributed by atoms with Crippen LogP contribution >= 0.6 is 0 Å². The summed E-state index contributed by atoms with van der Waals surface area (Å²) in [6.45, 7) is 4.14. The van der Waals surface area contributed by atoms with Crippen molar-refractivity contribution < 1.29 is 14.3 Å². The molecule has 2 aromatic carbocycles. The molecule has 0 saturated carbocycles. The summed E-state index contributed by atoms with van der Waals surface area (Å²) in [5.74, 6) is -0.144. The maximum Gasteiger partial charge on any atom is 0.238 e. The summed E-state index contributed by atoms with van der Waals surface area (Å²) in [5, 5.41) is 2.86. The van der Waals surface area contributed by atoms with E-state index in [-0.39, 0.29) is 17.8 Å². The lowest BCUT2D eigenvalue weighted by Crippen LogP contribution is -2.41. The molecule has 1 amide bonds. The zero-order chi connectivity index (χ0) is 19.1. The van der Waals surface area contributed by atoms with Crippen LogP contribution in [0.5, 0.6) is 0 Å². The number of ether oxygens (including phenoxy) is 1. The SMILES string of the molecule is CC(=O)c1ccccc1NC(=O)CN1CCC(OCc2ccccc2)CC1. The Kier molecular flexibility index (Phi) is 6.74. The Balaban J connectivity index is 1.42. The van der Waals surface area contributed by atoms with Crippen LogP contribution in [0, 0.1) is 0 Å². The van der Waals surface area contributed by atoms with Crippen LogP contribution in [-0.2, 0) is 16.1 Å². The second-order valence-electron chi connectivity index (χ2n) is 6.92. The van der Waals surface area contributed by atoms with Crippen molar-refractivity contribution in [2.24, 2.45) is 0 Å². The summed E-state index contributed by atoms with van der Waals surface area (Å²) in [4.78, 5) is 26.1. The van der Waals surface area contributed by atoms with Crippen molar-refractivity contribution in [3.63, 3.8) is 0 Å². The van der Waals surface area contributed by atoms with E-state index in [1.54, 1.807) is 18.2 Å². The Bertz CT molecular complexity index is 768. The van der Waals surface area contributed by atoms with Gasteiger partial charge >= 0.3 is 0 Å². The monoisotopic (exact) mass is 366 g/mol. The highest BCUT2D eigenvalue weighted by atomic mass is 16.5. The molecule has 0 aliphatic carbocycles. The number of ketones is 1. The van der Waals surface area contributed by atoms with E-state index in [4.69, 9.17) is 4.74 Å². The molecule has 3 rings (SSSR count). The van der Waals surface area contributed by atoms with Gasteiger partial charge in [0.1, 0.15) is 0 Å². The van der Waals surface area contributed by atoms with Gasteiger partial charge in [-0.25, -0.2) is 0 Å². The molecule has 0 aromatic heterocycles. The average molecular weight is 366 g/mol. The Hall–Kier alpha value is -2.50. The lowest BCUT2D eigenvalue weighted by molar-refractivity contribution is -0.118. The normalized spacial score (nSPS) is 15.4. The first-order valence-corrected chi connectivity index (χ1v) is 9.39. The van der Waals surface area contributed by atoms with Crippen LogP contribution in [0.1, 0.15) is 35.7 Å². The first kappa shape index (κ1) is 19.3. The number of nitrogens with zero attached hydrogens (tertiary/aromatic N) is 1. The third-order valence-corrected chi connectivity index (χ3v) is 4.81. The molecule has 27 heavy (non-hydrogen) atoms. The third kappa shape index (κ3) is 5.74. The molecule has 5 heteroatoms. The van der Waals surface area contributed by atoms with E-state index in [9.17, 15) is 9.59 Å². The van der Waals surface area contributed by atoms with Gasteiger partial charge in [-0.05, 0) is 37.5 Å². The minimum atomic E-state index is -0.0904. The highest BCUT2D eigenvalue weighted by Crippen LogP contribution is 2.18. The molecule has 0 unspecified atom stereocenters. The van der Waals surface area contributed by atoms with Gasteiger partial charge in [0.2, 0.25) is 5.91 Å². The van der Waals surface area contributed by atoms with Crippen LogP contribution in [0.15, 0.2) is 54.6 Å². The van der Waals surface area contributed by atoms with E-state index in [1.165, 1.54) is 12.5 Å². The summed E-state index contributed by atoms with van der Waals surface area (Å²) in [5.41, 5.74) is 2.30. The zero-order valence-corrected chi connectivity index (χ0v) is 15.7. The number of Topliss-reactive ketones (excluding diaryl/α,β-unsaturated/α-hetero) is 1. The molecule has 1 aliphatic heterocycles. The number of carbonyl (C=O) groups excluding carboxylic acids is 2. The van der Waals surface area contributed by atoms with Crippen molar-refractivity contribution in [2.45, 2.75) is 32.5 Å². The van der Waals surface area contributed by atoms with Gasteiger partial charge in [-0.15, -0.1) is 0 Å². The second-order valence-corrected chi connectivity index (χ2v) is 6.92. The average Bonchev–Trinajstić information content (AvgIpc) is 2.68. The van der Waals surface area contributed by atoms with Gasteiger partial charge in [-0.1, -0.05) is 42.5 Å². The fourth-order valence-electron chi connectivity index (χ4n) is 3.31. The largest absolute Gasteiger partial charge is 0.373 e. The van der Waals surface area contributed by atoms with E-state index in [0.717, 1.165) is 25.9 Å². The number of anilines is 1. The molecule has 1 saturated heterocycles. The van der Waals surface area contributed by atoms with Gasteiger partial charge in [0, 0.05) is 18.7 Å². The van der Waals surface area contributed by atoms with Gasteiger partial charge in [0.05, 0.1) is 24.9 Å². The Labute approximate surface area is 160 Å². The van der Waals surface area contributed by atoms with E-state index >= 15 is 0 Å². The van der Waals surface area contributed by atoms with Crippen molar-refractivity contribution in [1.82, 2.24) is 4.90 Å². The Morgan fingerprint density at radius 3 is 2.41 bits per heavy atom. The lowest BCUT2D eigenvalue weighted by atomic mass is 10.1. The fraction of sp³-hybridized carbons (Fsp3) is 0.364. The van der Waals surface area contributed by atoms with Crippen molar-refractivity contribution in [1.29, 1.82) is 0 Å². The molecule has 0 spiro atoms. The number of carbonyl (C=O) groups is 2. The molecule has 0 atom stereocenters. The molecule has 1 aliphatic rings. The number of amides is 1. The number of piperidine rings is 1. The second kappa shape index (κ2) is 9.44. The molecule has 142 valence electrons. The number of likely N-dealkylation sites (tertiary alicyclic amines) is 1. The van der Waals surface area contributed by atoms with E-state index < -0.39 is 0 Å². The van der Waals surface area contributed by atoms with E-state index in [1.807, 2.05) is 24.3 Å². The smallest absolute Gasteiger partial charge is 0.238 e. The predicted molar refractivity (Wildman–Crippen MR) is 106 cm³/mol. The molecule has 1 fully saturated rings. The van der Waals surface area contributed by atoms with Gasteiger partial charge in [0.25, 0.3) is 0 Å². The van der Waals surface area contributed by atoms with Crippen LogP contribution in [0.25, 0.3) is 0 Å². The molecule has 5 nitrogen and oxygen atoms in total. The highest BCUT2D eigenvalue weighted by molar-refractivity contribution is 6.04. The van der Waals surface area contributed by atoms with Gasteiger partial charge in [-0.2, -0.15) is 0 Å². The molecular weight excluding hydrogens is 340 g/mol. The van der Waals surface area contributed by atoms with E-state index in [2.05, 4.69) is 22.3 Å². The first-order valence-electron chi connectivity index (χ1n) is 9.39. The maximum absolute atomic E-state index is 12.4. The van der Waals surface area contributed by atoms with E-state index in [0.29, 0.717) is 24.4 Å². The van der Waals surface area contributed by atoms with Crippen LogP contribution in [0.2, 0.25) is 0 Å². The highest BCUT2D eigenvalue weighted by Gasteiger charge is 2.21. The van der Waals surface area contributed by atoms with Crippen molar-refractivity contribution in [3.05, 3.63) is 65.7 Å².